The summed E-state index contributed by atoms with van der Waals surface area (Å²) in [5, 5.41) is 0. The van der Waals surface area contributed by atoms with Gasteiger partial charge in [0.25, 0.3) is 0 Å². The van der Waals surface area contributed by atoms with Gasteiger partial charge in [0, 0.05) is 35.7 Å². The Hall–Kier alpha value is -3.29. The monoisotopic (exact) mass is 503 g/mol. The molecule has 0 unspecified atom stereocenters. The molecule has 5 nitrogen and oxygen atoms in total. The number of rotatable bonds is 5. The van der Waals surface area contributed by atoms with Crippen LogP contribution in [0.1, 0.15) is 64.7 Å². The molecule has 0 spiro atoms. The van der Waals surface area contributed by atoms with Crippen molar-refractivity contribution in [2.45, 2.75) is 72.3 Å². The number of nitrogens with zero attached hydrogens (tertiary/aromatic N) is 1. The van der Waals surface area contributed by atoms with E-state index >= 15 is 0 Å². The van der Waals surface area contributed by atoms with Crippen LogP contribution in [-0.2, 0) is 19.7 Å². The quantitative estimate of drug-likeness (QED) is 0.327. The summed E-state index contributed by atoms with van der Waals surface area (Å²) in [4.78, 5) is 26.5. The zero-order valence-corrected chi connectivity index (χ0v) is 21.7. The summed E-state index contributed by atoms with van der Waals surface area (Å²) >= 11 is 0. The van der Waals surface area contributed by atoms with Crippen molar-refractivity contribution in [3.8, 4) is 16.9 Å². The number of hydrogen-bond donors (Lipinski definition) is 0. The zero-order chi connectivity index (χ0) is 27.1. The van der Waals surface area contributed by atoms with Crippen LogP contribution in [0.4, 0.5) is 18.9 Å². The summed E-state index contributed by atoms with van der Waals surface area (Å²) in [6, 6.07) is 7.88. The second-order valence-electron chi connectivity index (χ2n) is 10.6. The van der Waals surface area contributed by atoms with Gasteiger partial charge in [0.1, 0.15) is 11.4 Å². The van der Waals surface area contributed by atoms with E-state index in [4.69, 9.17) is 4.74 Å². The highest BCUT2D eigenvalue weighted by molar-refractivity contribution is 5.99. The SMILES string of the molecule is CCN1C(=O)CC(C)(C)c2cc(C)c(-c3cc(C=CC(=O)OC(C)(C)C)ccc3OC(F)(F)F)cc21. The van der Waals surface area contributed by atoms with E-state index in [-0.39, 0.29) is 17.2 Å². The van der Waals surface area contributed by atoms with Gasteiger partial charge in [-0.1, -0.05) is 26.0 Å². The van der Waals surface area contributed by atoms with Crippen molar-refractivity contribution in [3.05, 3.63) is 53.1 Å². The van der Waals surface area contributed by atoms with Crippen molar-refractivity contribution in [3.63, 3.8) is 0 Å². The van der Waals surface area contributed by atoms with E-state index < -0.39 is 23.3 Å². The normalized spacial score (nSPS) is 15.7. The molecule has 2 aromatic rings. The van der Waals surface area contributed by atoms with Gasteiger partial charge in [-0.05, 0) is 81.1 Å². The fraction of sp³-hybridized carbons (Fsp3) is 0.429. The van der Waals surface area contributed by atoms with Crippen molar-refractivity contribution in [2.24, 2.45) is 0 Å². The summed E-state index contributed by atoms with van der Waals surface area (Å²) in [6.07, 6.45) is -1.83. The average molecular weight is 504 g/mol. The molecule has 0 N–H and O–H groups in total. The van der Waals surface area contributed by atoms with Gasteiger partial charge in [-0.15, -0.1) is 13.2 Å². The number of ether oxygens (including phenoxy) is 2. The maximum Gasteiger partial charge on any atom is 0.573 e. The first-order valence-electron chi connectivity index (χ1n) is 11.8. The van der Waals surface area contributed by atoms with Crippen molar-refractivity contribution >= 4 is 23.6 Å². The van der Waals surface area contributed by atoms with Gasteiger partial charge in [-0.3, -0.25) is 4.79 Å². The molecule has 194 valence electrons. The van der Waals surface area contributed by atoms with Crippen molar-refractivity contribution in [2.75, 3.05) is 11.4 Å². The first-order valence-corrected chi connectivity index (χ1v) is 11.8. The molecule has 1 aliphatic rings. The number of hydrogen-bond acceptors (Lipinski definition) is 4. The molecule has 0 aliphatic carbocycles. The minimum absolute atomic E-state index is 0.0365. The van der Waals surface area contributed by atoms with Gasteiger partial charge >= 0.3 is 12.3 Å². The average Bonchev–Trinajstić information content (AvgIpc) is 2.71. The van der Waals surface area contributed by atoms with Gasteiger partial charge < -0.3 is 14.4 Å². The molecule has 1 aliphatic heterocycles. The van der Waals surface area contributed by atoms with Crippen molar-refractivity contribution in [1.82, 2.24) is 0 Å². The molecule has 0 radical (unpaired) electrons. The number of anilines is 1. The summed E-state index contributed by atoms with van der Waals surface area (Å²) in [7, 11) is 0. The standard InChI is InChI=1S/C28H32F3NO4/c1-8-32-22-15-19(17(2)13-21(22)27(6,7)16-24(32)33)20-14-18(9-11-23(20)35-28(29,30)31)10-12-25(34)36-26(3,4)5/h9-15H,8,16H2,1-7H3. The van der Waals surface area contributed by atoms with E-state index in [1.54, 1.807) is 31.7 Å². The smallest absolute Gasteiger partial charge is 0.457 e. The van der Waals surface area contributed by atoms with E-state index in [1.165, 1.54) is 30.4 Å². The number of amides is 1. The Labute approximate surface area is 209 Å². The molecule has 3 rings (SSSR count). The third kappa shape index (κ3) is 6.28. The minimum Gasteiger partial charge on any atom is -0.457 e. The van der Waals surface area contributed by atoms with Crippen LogP contribution in [0.3, 0.4) is 0 Å². The number of aryl methyl sites for hydroxylation is 1. The highest BCUT2D eigenvalue weighted by Gasteiger charge is 2.37. The van der Waals surface area contributed by atoms with E-state index in [0.717, 1.165) is 11.1 Å². The van der Waals surface area contributed by atoms with Crippen molar-refractivity contribution < 1.29 is 32.2 Å². The molecule has 8 heteroatoms. The lowest BCUT2D eigenvalue weighted by Gasteiger charge is -2.39. The van der Waals surface area contributed by atoms with Crippen LogP contribution in [0.5, 0.6) is 5.75 Å². The molecule has 36 heavy (non-hydrogen) atoms. The van der Waals surface area contributed by atoms with Gasteiger partial charge in [0.15, 0.2) is 0 Å². The molecule has 0 aromatic heterocycles. The molecule has 0 saturated carbocycles. The molecular weight excluding hydrogens is 471 g/mol. The predicted molar refractivity (Wildman–Crippen MR) is 134 cm³/mol. The molecular formula is C28H32F3NO4. The lowest BCUT2D eigenvalue weighted by atomic mass is 9.75. The molecule has 1 heterocycles. The van der Waals surface area contributed by atoms with Crippen LogP contribution in [0.2, 0.25) is 0 Å². The fourth-order valence-electron chi connectivity index (χ4n) is 4.38. The topological polar surface area (TPSA) is 55.8 Å². The number of carbonyl (C=O) groups excluding carboxylic acids is 2. The maximum absolute atomic E-state index is 13.2. The first-order chi connectivity index (χ1) is 16.5. The van der Waals surface area contributed by atoms with E-state index in [9.17, 15) is 22.8 Å². The summed E-state index contributed by atoms with van der Waals surface area (Å²) < 4.78 is 49.3. The lowest BCUT2D eigenvalue weighted by molar-refractivity contribution is -0.274. The van der Waals surface area contributed by atoms with Gasteiger partial charge in [0.05, 0.1) is 0 Å². The fourth-order valence-corrected chi connectivity index (χ4v) is 4.38. The Morgan fingerprint density at radius 3 is 2.36 bits per heavy atom. The Kier molecular flexibility index (Phi) is 7.31. The van der Waals surface area contributed by atoms with Gasteiger partial charge in [0.2, 0.25) is 5.91 Å². The van der Waals surface area contributed by atoms with Crippen LogP contribution >= 0.6 is 0 Å². The third-order valence-corrected chi connectivity index (χ3v) is 5.91. The predicted octanol–water partition coefficient (Wildman–Crippen LogP) is 6.95. The van der Waals surface area contributed by atoms with Crippen LogP contribution < -0.4 is 9.64 Å². The van der Waals surface area contributed by atoms with Crippen LogP contribution in [0, 0.1) is 6.92 Å². The van der Waals surface area contributed by atoms with Gasteiger partial charge in [-0.25, -0.2) is 4.79 Å². The number of esters is 1. The Morgan fingerprint density at radius 1 is 1.11 bits per heavy atom. The van der Waals surface area contributed by atoms with Crippen LogP contribution in [-0.4, -0.2) is 30.4 Å². The second-order valence-corrected chi connectivity index (χ2v) is 10.6. The Morgan fingerprint density at radius 2 is 1.78 bits per heavy atom. The second kappa shape index (κ2) is 9.64. The molecule has 2 aromatic carbocycles. The first kappa shape index (κ1) is 27.3. The van der Waals surface area contributed by atoms with Gasteiger partial charge in [-0.2, -0.15) is 0 Å². The zero-order valence-electron chi connectivity index (χ0n) is 21.7. The highest BCUT2D eigenvalue weighted by atomic mass is 19.4. The largest absolute Gasteiger partial charge is 0.573 e. The van der Waals surface area contributed by atoms with Crippen molar-refractivity contribution in [1.29, 1.82) is 0 Å². The van der Waals surface area contributed by atoms with Crippen LogP contribution in [0.15, 0.2) is 36.4 Å². The summed E-state index contributed by atoms with van der Waals surface area (Å²) in [6.45, 7) is 13.3. The number of halogens is 3. The summed E-state index contributed by atoms with van der Waals surface area (Å²) in [5.74, 6) is -0.973. The van der Waals surface area contributed by atoms with E-state index in [1.807, 2.05) is 33.8 Å². The third-order valence-electron chi connectivity index (χ3n) is 5.91. The molecule has 0 saturated heterocycles. The Bertz CT molecular complexity index is 1210. The van der Waals surface area contributed by atoms with Crippen LogP contribution in [0.25, 0.3) is 17.2 Å². The number of benzene rings is 2. The maximum atomic E-state index is 13.2. The Balaban J connectivity index is 2.16. The molecule has 0 bridgehead atoms. The highest BCUT2D eigenvalue weighted by Crippen LogP contribution is 2.45. The lowest BCUT2D eigenvalue weighted by Crippen LogP contribution is -2.41. The molecule has 0 fully saturated rings. The number of alkyl halides is 3. The minimum atomic E-state index is -4.89. The molecule has 1 amide bonds. The van der Waals surface area contributed by atoms with E-state index in [2.05, 4.69) is 4.74 Å². The number of fused-ring (bicyclic) bond motifs is 1. The molecule has 0 atom stereocenters. The summed E-state index contributed by atoms with van der Waals surface area (Å²) in [5.41, 5.74) is 2.49. The van der Waals surface area contributed by atoms with E-state index in [0.29, 0.717) is 29.8 Å². The number of carbonyl (C=O) groups is 2.